The predicted molar refractivity (Wildman–Crippen MR) is 99.2 cm³/mol. The van der Waals surface area contributed by atoms with E-state index in [9.17, 15) is 8.42 Å². The van der Waals surface area contributed by atoms with Crippen LogP contribution in [-0.2, 0) is 16.6 Å². The summed E-state index contributed by atoms with van der Waals surface area (Å²) in [5.74, 6) is 0.349. The van der Waals surface area contributed by atoms with Gasteiger partial charge >= 0.3 is 0 Å². The summed E-state index contributed by atoms with van der Waals surface area (Å²) >= 11 is 1.58. The van der Waals surface area contributed by atoms with Crippen LogP contribution in [0.4, 0.5) is 0 Å². The van der Waals surface area contributed by atoms with Crippen LogP contribution in [0, 0.1) is 0 Å². The SMILES string of the molecule is CCOc1ccccc1S(=O)(=O)NCc1cccnc1-c1ccsc1. The molecule has 2 heterocycles. The highest BCUT2D eigenvalue weighted by Crippen LogP contribution is 2.26. The topological polar surface area (TPSA) is 68.3 Å². The van der Waals surface area contributed by atoms with Crippen LogP contribution in [0.2, 0.25) is 0 Å². The zero-order chi connectivity index (χ0) is 17.7. The summed E-state index contributed by atoms with van der Waals surface area (Å²) in [7, 11) is -3.70. The first-order valence-electron chi connectivity index (χ1n) is 7.80. The average Bonchev–Trinajstić information content (AvgIpc) is 3.15. The fourth-order valence-corrected chi connectivity index (χ4v) is 4.23. The van der Waals surface area contributed by atoms with Gasteiger partial charge in [-0.25, -0.2) is 13.1 Å². The Bertz CT molecular complexity index is 938. The van der Waals surface area contributed by atoms with Gasteiger partial charge in [0.15, 0.2) is 0 Å². The Hall–Kier alpha value is -2.22. The van der Waals surface area contributed by atoms with E-state index in [0.717, 1.165) is 16.8 Å². The van der Waals surface area contributed by atoms with E-state index in [1.807, 2.05) is 29.8 Å². The molecule has 0 amide bonds. The molecular weight excluding hydrogens is 356 g/mol. The van der Waals surface area contributed by atoms with E-state index < -0.39 is 10.0 Å². The van der Waals surface area contributed by atoms with Crippen molar-refractivity contribution in [3.8, 4) is 17.0 Å². The molecule has 1 aromatic carbocycles. The lowest BCUT2D eigenvalue weighted by atomic mass is 10.1. The second-order valence-corrected chi connectivity index (χ2v) is 7.74. The van der Waals surface area contributed by atoms with Gasteiger partial charge in [-0.15, -0.1) is 0 Å². The molecule has 7 heteroatoms. The number of sulfonamides is 1. The Balaban J connectivity index is 1.85. The van der Waals surface area contributed by atoms with Crippen molar-refractivity contribution in [2.24, 2.45) is 0 Å². The van der Waals surface area contributed by atoms with E-state index in [4.69, 9.17) is 4.74 Å². The number of rotatable bonds is 7. The number of thiophene rings is 1. The van der Waals surface area contributed by atoms with Crippen LogP contribution in [0.25, 0.3) is 11.3 Å². The second kappa shape index (κ2) is 7.77. The fraction of sp³-hybridized carbons (Fsp3) is 0.167. The van der Waals surface area contributed by atoms with Gasteiger partial charge in [-0.1, -0.05) is 18.2 Å². The van der Waals surface area contributed by atoms with Crippen molar-refractivity contribution in [3.63, 3.8) is 0 Å². The Kier molecular flexibility index (Phi) is 5.47. The maximum absolute atomic E-state index is 12.7. The van der Waals surface area contributed by atoms with E-state index >= 15 is 0 Å². The van der Waals surface area contributed by atoms with Gasteiger partial charge in [-0.2, -0.15) is 11.3 Å². The van der Waals surface area contributed by atoms with E-state index in [2.05, 4.69) is 9.71 Å². The maximum atomic E-state index is 12.7. The molecule has 0 saturated carbocycles. The normalized spacial score (nSPS) is 11.4. The van der Waals surface area contributed by atoms with Gasteiger partial charge in [-0.3, -0.25) is 4.98 Å². The molecule has 0 radical (unpaired) electrons. The van der Waals surface area contributed by atoms with Gasteiger partial charge in [-0.05, 0) is 42.1 Å². The van der Waals surface area contributed by atoms with Crippen LogP contribution in [0.5, 0.6) is 5.75 Å². The number of ether oxygens (including phenoxy) is 1. The summed E-state index contributed by atoms with van der Waals surface area (Å²) in [4.78, 5) is 4.53. The third-order valence-electron chi connectivity index (χ3n) is 3.58. The molecule has 1 N–H and O–H groups in total. The number of hydrogen-bond acceptors (Lipinski definition) is 5. The van der Waals surface area contributed by atoms with Crippen LogP contribution >= 0.6 is 11.3 Å². The molecule has 0 aliphatic heterocycles. The van der Waals surface area contributed by atoms with E-state index in [0.29, 0.717) is 12.4 Å². The Morgan fingerprint density at radius 2 is 2.00 bits per heavy atom. The highest BCUT2D eigenvalue weighted by atomic mass is 32.2. The molecule has 0 aliphatic carbocycles. The summed E-state index contributed by atoms with van der Waals surface area (Å²) in [5.41, 5.74) is 2.58. The van der Waals surface area contributed by atoms with Crippen molar-refractivity contribution in [2.45, 2.75) is 18.4 Å². The smallest absolute Gasteiger partial charge is 0.244 e. The molecule has 3 rings (SSSR count). The van der Waals surface area contributed by atoms with Crippen LogP contribution in [0.1, 0.15) is 12.5 Å². The summed E-state index contributed by atoms with van der Waals surface area (Å²) in [6.45, 7) is 2.37. The van der Waals surface area contributed by atoms with E-state index in [1.54, 1.807) is 41.8 Å². The highest BCUT2D eigenvalue weighted by molar-refractivity contribution is 7.89. The molecular formula is C18H18N2O3S2. The zero-order valence-electron chi connectivity index (χ0n) is 13.7. The van der Waals surface area contributed by atoms with E-state index in [1.165, 1.54) is 6.07 Å². The minimum atomic E-state index is -3.70. The lowest BCUT2D eigenvalue weighted by molar-refractivity contribution is 0.331. The van der Waals surface area contributed by atoms with Crippen LogP contribution in [0.3, 0.4) is 0 Å². The number of benzene rings is 1. The van der Waals surface area contributed by atoms with Crippen LogP contribution in [-0.4, -0.2) is 20.0 Å². The quantitative estimate of drug-likeness (QED) is 0.685. The molecule has 0 unspecified atom stereocenters. The van der Waals surface area contributed by atoms with Crippen molar-refractivity contribution in [2.75, 3.05) is 6.61 Å². The molecule has 3 aromatic rings. The first-order valence-corrected chi connectivity index (χ1v) is 10.2. The highest BCUT2D eigenvalue weighted by Gasteiger charge is 2.19. The number of nitrogens with zero attached hydrogens (tertiary/aromatic N) is 1. The number of hydrogen-bond donors (Lipinski definition) is 1. The average molecular weight is 374 g/mol. The van der Waals surface area contributed by atoms with Crippen molar-refractivity contribution in [1.29, 1.82) is 0 Å². The number of para-hydroxylation sites is 1. The molecule has 25 heavy (non-hydrogen) atoms. The lowest BCUT2D eigenvalue weighted by Gasteiger charge is -2.13. The molecule has 0 fully saturated rings. The Morgan fingerprint density at radius 1 is 1.16 bits per heavy atom. The maximum Gasteiger partial charge on any atom is 0.244 e. The van der Waals surface area contributed by atoms with Crippen molar-refractivity contribution < 1.29 is 13.2 Å². The summed E-state index contributed by atoms with van der Waals surface area (Å²) < 4.78 is 33.5. The van der Waals surface area contributed by atoms with E-state index in [-0.39, 0.29) is 11.4 Å². The number of nitrogens with one attached hydrogen (secondary N) is 1. The third kappa shape index (κ3) is 4.07. The number of aromatic nitrogens is 1. The molecule has 0 spiro atoms. The molecule has 0 bridgehead atoms. The standard InChI is InChI=1S/C18H18N2O3S2/c1-2-23-16-7-3-4-8-17(16)25(21,22)20-12-14-6-5-10-19-18(14)15-9-11-24-13-15/h3-11,13,20H,2,12H2,1H3. The Labute approximate surface area is 151 Å². The molecule has 130 valence electrons. The summed E-state index contributed by atoms with van der Waals surface area (Å²) in [6.07, 6.45) is 1.70. The largest absolute Gasteiger partial charge is 0.492 e. The minimum absolute atomic E-state index is 0.137. The summed E-state index contributed by atoms with van der Waals surface area (Å²) in [5, 5.41) is 3.96. The number of pyridine rings is 1. The van der Waals surface area contributed by atoms with Crippen molar-refractivity contribution in [1.82, 2.24) is 9.71 Å². The van der Waals surface area contributed by atoms with Crippen molar-refractivity contribution in [3.05, 3.63) is 65.0 Å². The fourth-order valence-electron chi connectivity index (χ4n) is 2.44. The van der Waals surface area contributed by atoms with Crippen LogP contribution in [0.15, 0.2) is 64.3 Å². The van der Waals surface area contributed by atoms with Gasteiger partial charge < -0.3 is 4.74 Å². The monoisotopic (exact) mass is 374 g/mol. The molecule has 0 saturated heterocycles. The van der Waals surface area contributed by atoms with Crippen LogP contribution < -0.4 is 9.46 Å². The lowest BCUT2D eigenvalue weighted by Crippen LogP contribution is -2.24. The van der Waals surface area contributed by atoms with Crippen molar-refractivity contribution >= 4 is 21.4 Å². The third-order valence-corrected chi connectivity index (χ3v) is 5.70. The minimum Gasteiger partial charge on any atom is -0.492 e. The van der Waals surface area contributed by atoms with Gasteiger partial charge in [0.1, 0.15) is 10.6 Å². The first kappa shape index (κ1) is 17.6. The predicted octanol–water partition coefficient (Wildman–Crippen LogP) is 3.69. The summed E-state index contributed by atoms with van der Waals surface area (Å²) in [6, 6.07) is 12.3. The zero-order valence-corrected chi connectivity index (χ0v) is 15.3. The first-order chi connectivity index (χ1) is 12.1. The van der Waals surface area contributed by atoms with Gasteiger partial charge in [0, 0.05) is 23.7 Å². The second-order valence-electron chi connectivity index (χ2n) is 5.23. The Morgan fingerprint density at radius 3 is 2.76 bits per heavy atom. The van der Waals surface area contributed by atoms with Gasteiger partial charge in [0.05, 0.1) is 12.3 Å². The van der Waals surface area contributed by atoms with Gasteiger partial charge in [0.25, 0.3) is 0 Å². The molecule has 5 nitrogen and oxygen atoms in total. The molecule has 2 aromatic heterocycles. The van der Waals surface area contributed by atoms with Gasteiger partial charge in [0.2, 0.25) is 10.0 Å². The molecule has 0 atom stereocenters. The molecule has 0 aliphatic rings.